The molecule has 2 N–H and O–H groups in total. The molecule has 1 aliphatic rings. The summed E-state index contributed by atoms with van der Waals surface area (Å²) in [6.45, 7) is 5.43. The average molecular weight is 382 g/mol. The van der Waals surface area contributed by atoms with Crippen LogP contribution in [0.25, 0.3) is 0 Å². The van der Waals surface area contributed by atoms with E-state index >= 15 is 0 Å². The number of para-hydroxylation sites is 4. The minimum absolute atomic E-state index is 0.106. The van der Waals surface area contributed by atoms with Crippen LogP contribution in [0.3, 0.4) is 0 Å². The Bertz CT molecular complexity index is 788. The van der Waals surface area contributed by atoms with Crippen LogP contribution in [0, 0.1) is 0 Å². The second-order valence-electron chi connectivity index (χ2n) is 6.44. The summed E-state index contributed by atoms with van der Waals surface area (Å²) in [6.07, 6.45) is 3.87. The number of benzene rings is 2. The molecular formula is C22H26N2O4. The zero-order valence-corrected chi connectivity index (χ0v) is 15.9. The number of nitrogens with one attached hydrogen (secondary N) is 2. The average Bonchev–Trinajstić information content (AvgIpc) is 3.24. The van der Waals surface area contributed by atoms with Gasteiger partial charge < -0.3 is 24.8 Å². The molecule has 1 amide bonds. The van der Waals surface area contributed by atoms with E-state index in [1.807, 2.05) is 48.5 Å². The van der Waals surface area contributed by atoms with Gasteiger partial charge in [0.05, 0.1) is 24.0 Å². The zero-order chi connectivity index (χ0) is 19.6. The van der Waals surface area contributed by atoms with Gasteiger partial charge in [0.2, 0.25) is 5.91 Å². The third kappa shape index (κ3) is 5.76. The molecule has 1 fully saturated rings. The van der Waals surface area contributed by atoms with Gasteiger partial charge in [0.15, 0.2) is 0 Å². The molecule has 0 bridgehead atoms. The second kappa shape index (κ2) is 10.4. The van der Waals surface area contributed by atoms with Gasteiger partial charge in [-0.3, -0.25) is 4.79 Å². The highest BCUT2D eigenvalue weighted by Crippen LogP contribution is 2.26. The van der Waals surface area contributed by atoms with Crippen molar-refractivity contribution in [3.8, 4) is 11.5 Å². The fourth-order valence-corrected chi connectivity index (χ4v) is 2.91. The predicted octanol–water partition coefficient (Wildman–Crippen LogP) is 3.86. The fourth-order valence-electron chi connectivity index (χ4n) is 2.91. The van der Waals surface area contributed by atoms with Crippen LogP contribution in [0.1, 0.15) is 12.8 Å². The van der Waals surface area contributed by atoms with E-state index in [2.05, 4.69) is 17.2 Å². The lowest BCUT2D eigenvalue weighted by Gasteiger charge is -2.16. The van der Waals surface area contributed by atoms with Gasteiger partial charge in [0, 0.05) is 6.61 Å². The van der Waals surface area contributed by atoms with Crippen LogP contribution >= 0.6 is 0 Å². The SMILES string of the molecule is C=CCOc1ccccc1NCC(=O)Nc1ccccc1OCC1CCCO1. The van der Waals surface area contributed by atoms with Crippen molar-refractivity contribution in [3.63, 3.8) is 0 Å². The summed E-state index contributed by atoms with van der Waals surface area (Å²) in [7, 11) is 0. The highest BCUT2D eigenvalue weighted by molar-refractivity contribution is 5.95. The molecule has 3 rings (SSSR count). The van der Waals surface area contributed by atoms with Crippen molar-refractivity contribution in [2.24, 2.45) is 0 Å². The molecule has 1 atom stereocenters. The molecule has 0 radical (unpaired) electrons. The Morgan fingerprint density at radius 1 is 1.11 bits per heavy atom. The lowest BCUT2D eigenvalue weighted by molar-refractivity contribution is -0.114. The summed E-state index contributed by atoms with van der Waals surface area (Å²) >= 11 is 0. The summed E-state index contributed by atoms with van der Waals surface area (Å²) in [6, 6.07) is 14.9. The minimum atomic E-state index is -0.174. The van der Waals surface area contributed by atoms with E-state index in [1.54, 1.807) is 6.08 Å². The van der Waals surface area contributed by atoms with Gasteiger partial charge in [0.25, 0.3) is 0 Å². The third-order valence-corrected chi connectivity index (χ3v) is 4.29. The number of ether oxygens (including phenoxy) is 3. The highest BCUT2D eigenvalue weighted by atomic mass is 16.5. The number of amides is 1. The number of carbonyl (C=O) groups is 1. The monoisotopic (exact) mass is 382 g/mol. The molecule has 0 aromatic heterocycles. The van der Waals surface area contributed by atoms with Crippen LogP contribution < -0.4 is 20.1 Å². The van der Waals surface area contributed by atoms with Gasteiger partial charge in [-0.05, 0) is 37.1 Å². The Kier molecular flexibility index (Phi) is 7.32. The van der Waals surface area contributed by atoms with E-state index in [1.165, 1.54) is 0 Å². The molecule has 1 unspecified atom stereocenters. The molecule has 2 aromatic rings. The standard InChI is InChI=1S/C22H26N2O4/c1-2-13-27-20-11-5-3-9-18(20)23-15-22(25)24-19-10-4-6-12-21(19)28-16-17-8-7-14-26-17/h2-6,9-12,17,23H,1,7-8,13-16H2,(H,24,25). The van der Waals surface area contributed by atoms with Crippen LogP contribution in [0.4, 0.5) is 11.4 Å². The van der Waals surface area contributed by atoms with Gasteiger partial charge in [-0.15, -0.1) is 0 Å². The van der Waals surface area contributed by atoms with Gasteiger partial charge in [0.1, 0.15) is 24.7 Å². The zero-order valence-electron chi connectivity index (χ0n) is 15.9. The van der Waals surface area contributed by atoms with Crippen molar-refractivity contribution in [1.82, 2.24) is 0 Å². The van der Waals surface area contributed by atoms with Gasteiger partial charge in [-0.1, -0.05) is 36.9 Å². The summed E-state index contributed by atoms with van der Waals surface area (Å²) < 4.78 is 17.0. The van der Waals surface area contributed by atoms with E-state index in [0.29, 0.717) is 30.4 Å². The summed E-state index contributed by atoms with van der Waals surface area (Å²) in [5.74, 6) is 1.14. The number of anilines is 2. The maximum absolute atomic E-state index is 12.4. The minimum Gasteiger partial charge on any atom is -0.489 e. The number of carbonyl (C=O) groups excluding carboxylic acids is 1. The van der Waals surface area contributed by atoms with Gasteiger partial charge in [-0.25, -0.2) is 0 Å². The maximum Gasteiger partial charge on any atom is 0.243 e. The molecule has 0 saturated carbocycles. The fraction of sp³-hybridized carbons (Fsp3) is 0.318. The Labute approximate surface area is 165 Å². The molecule has 1 aliphatic heterocycles. The first kappa shape index (κ1) is 19.8. The second-order valence-corrected chi connectivity index (χ2v) is 6.44. The molecule has 6 nitrogen and oxygen atoms in total. The first-order chi connectivity index (χ1) is 13.8. The van der Waals surface area contributed by atoms with Gasteiger partial charge >= 0.3 is 0 Å². The quantitative estimate of drug-likeness (QED) is 0.611. The van der Waals surface area contributed by atoms with Crippen molar-refractivity contribution in [2.75, 3.05) is 37.0 Å². The van der Waals surface area contributed by atoms with E-state index < -0.39 is 0 Å². The first-order valence-corrected chi connectivity index (χ1v) is 9.46. The van der Waals surface area contributed by atoms with E-state index in [9.17, 15) is 4.79 Å². The molecular weight excluding hydrogens is 356 g/mol. The molecule has 148 valence electrons. The Morgan fingerprint density at radius 3 is 2.54 bits per heavy atom. The molecule has 6 heteroatoms. The van der Waals surface area contributed by atoms with Crippen molar-refractivity contribution >= 4 is 17.3 Å². The van der Waals surface area contributed by atoms with E-state index in [-0.39, 0.29) is 18.6 Å². The van der Waals surface area contributed by atoms with Crippen molar-refractivity contribution < 1.29 is 19.0 Å². The Morgan fingerprint density at radius 2 is 1.82 bits per heavy atom. The molecule has 1 heterocycles. The molecule has 2 aromatic carbocycles. The number of hydrogen-bond donors (Lipinski definition) is 2. The number of rotatable bonds is 10. The van der Waals surface area contributed by atoms with Crippen LogP contribution in [-0.2, 0) is 9.53 Å². The lowest BCUT2D eigenvalue weighted by Crippen LogP contribution is -2.23. The lowest BCUT2D eigenvalue weighted by atomic mass is 10.2. The molecule has 0 spiro atoms. The molecule has 28 heavy (non-hydrogen) atoms. The first-order valence-electron chi connectivity index (χ1n) is 9.46. The third-order valence-electron chi connectivity index (χ3n) is 4.29. The molecule has 0 aliphatic carbocycles. The van der Waals surface area contributed by atoms with Crippen LogP contribution in [0.5, 0.6) is 11.5 Å². The van der Waals surface area contributed by atoms with Crippen molar-refractivity contribution in [1.29, 1.82) is 0 Å². The van der Waals surface area contributed by atoms with Gasteiger partial charge in [-0.2, -0.15) is 0 Å². The molecule has 1 saturated heterocycles. The summed E-state index contributed by atoms with van der Waals surface area (Å²) in [4.78, 5) is 12.4. The Balaban J connectivity index is 1.54. The largest absolute Gasteiger partial charge is 0.489 e. The van der Waals surface area contributed by atoms with Crippen molar-refractivity contribution in [2.45, 2.75) is 18.9 Å². The smallest absolute Gasteiger partial charge is 0.243 e. The van der Waals surface area contributed by atoms with E-state index in [4.69, 9.17) is 14.2 Å². The normalized spacial score (nSPS) is 15.6. The summed E-state index contributed by atoms with van der Waals surface area (Å²) in [5.41, 5.74) is 1.39. The maximum atomic E-state index is 12.4. The number of hydrogen-bond acceptors (Lipinski definition) is 5. The van der Waals surface area contributed by atoms with Crippen molar-refractivity contribution in [3.05, 3.63) is 61.2 Å². The van der Waals surface area contributed by atoms with Crippen LogP contribution in [0.15, 0.2) is 61.2 Å². The highest BCUT2D eigenvalue weighted by Gasteiger charge is 2.17. The topological polar surface area (TPSA) is 68.8 Å². The van der Waals surface area contributed by atoms with Crippen LogP contribution in [-0.4, -0.2) is 38.4 Å². The Hall–Kier alpha value is -2.99. The predicted molar refractivity (Wildman–Crippen MR) is 110 cm³/mol. The van der Waals surface area contributed by atoms with Crippen LogP contribution in [0.2, 0.25) is 0 Å². The van der Waals surface area contributed by atoms with E-state index in [0.717, 1.165) is 25.1 Å². The summed E-state index contributed by atoms with van der Waals surface area (Å²) in [5, 5.41) is 6.00.